The number of nitrogen functional groups attached to an aromatic ring is 1. The number of nitrogens with zero attached hydrogens (tertiary/aromatic N) is 3. The molecule has 2 aromatic heterocycles. The third-order valence-corrected chi connectivity index (χ3v) is 4.10. The highest BCUT2D eigenvalue weighted by molar-refractivity contribution is 6.03. The highest BCUT2D eigenvalue weighted by Crippen LogP contribution is 2.23. The number of aromatic nitrogens is 2. The average Bonchev–Trinajstić information content (AvgIpc) is 2.93. The lowest BCUT2D eigenvalue weighted by atomic mass is 10.2. The normalized spacial score (nSPS) is 10.7. The zero-order chi connectivity index (χ0) is 18.8. The lowest BCUT2D eigenvalue weighted by Gasteiger charge is -2.12. The maximum absolute atomic E-state index is 13.0. The number of benzene rings is 1. The average molecular weight is 351 g/mol. The number of nitrogens with two attached hydrogens (primary N) is 1. The summed E-state index contributed by atoms with van der Waals surface area (Å²) < 4.78 is 1.66. The Morgan fingerprint density at radius 1 is 1.19 bits per heavy atom. The molecule has 26 heavy (non-hydrogen) atoms. The summed E-state index contributed by atoms with van der Waals surface area (Å²) >= 11 is 0. The second-order valence-electron chi connectivity index (χ2n) is 6.33. The molecular formula is C19H21N5O2. The van der Waals surface area contributed by atoms with E-state index >= 15 is 0 Å². The molecule has 1 aromatic carbocycles. The molecule has 0 unspecified atom stereocenters. The van der Waals surface area contributed by atoms with Gasteiger partial charge < -0.3 is 16.0 Å². The van der Waals surface area contributed by atoms with E-state index in [2.05, 4.69) is 10.3 Å². The second kappa shape index (κ2) is 6.87. The molecule has 7 nitrogen and oxygen atoms in total. The van der Waals surface area contributed by atoms with Gasteiger partial charge in [-0.1, -0.05) is 0 Å². The monoisotopic (exact) mass is 351 g/mol. The fourth-order valence-corrected chi connectivity index (χ4v) is 2.80. The van der Waals surface area contributed by atoms with Crippen molar-refractivity contribution in [3.63, 3.8) is 0 Å². The summed E-state index contributed by atoms with van der Waals surface area (Å²) in [6, 6.07) is 10.6. The molecule has 0 aliphatic rings. The van der Waals surface area contributed by atoms with Crippen molar-refractivity contribution in [2.75, 3.05) is 19.8 Å². The zero-order valence-electron chi connectivity index (χ0n) is 15.0. The molecule has 0 radical (unpaired) electrons. The van der Waals surface area contributed by atoms with Crippen LogP contribution in [0, 0.1) is 6.92 Å². The van der Waals surface area contributed by atoms with Gasteiger partial charge in [0.2, 0.25) is 0 Å². The maximum atomic E-state index is 13.0. The van der Waals surface area contributed by atoms with Gasteiger partial charge in [0.1, 0.15) is 0 Å². The highest BCUT2D eigenvalue weighted by Gasteiger charge is 2.16. The second-order valence-corrected chi connectivity index (χ2v) is 6.33. The topological polar surface area (TPSA) is 93.2 Å². The van der Waals surface area contributed by atoms with Gasteiger partial charge in [0.25, 0.3) is 5.91 Å². The van der Waals surface area contributed by atoms with Gasteiger partial charge in [-0.15, -0.1) is 0 Å². The van der Waals surface area contributed by atoms with E-state index in [0.717, 1.165) is 16.6 Å². The van der Waals surface area contributed by atoms with Crippen LogP contribution in [0.5, 0.6) is 0 Å². The highest BCUT2D eigenvalue weighted by atomic mass is 16.2. The minimum Gasteiger partial charge on any atom is -0.399 e. The van der Waals surface area contributed by atoms with Gasteiger partial charge in [0, 0.05) is 42.6 Å². The number of carbonyl (C=O) groups is 2. The van der Waals surface area contributed by atoms with E-state index in [9.17, 15) is 9.59 Å². The number of fused-ring (bicyclic) bond motifs is 1. The summed E-state index contributed by atoms with van der Waals surface area (Å²) in [7, 11) is 3.32. The fourth-order valence-electron chi connectivity index (χ4n) is 2.80. The third kappa shape index (κ3) is 3.37. The first-order chi connectivity index (χ1) is 12.4. The Balaban J connectivity index is 1.90. The Morgan fingerprint density at radius 2 is 1.96 bits per heavy atom. The largest absolute Gasteiger partial charge is 0.399 e. The molecule has 2 heterocycles. The molecule has 0 saturated heterocycles. The number of rotatable bonds is 3. The minimum atomic E-state index is -0.214. The van der Waals surface area contributed by atoms with E-state index in [1.54, 1.807) is 43.1 Å². The Labute approximate surface area is 151 Å². The Hall–Kier alpha value is -3.35. The van der Waals surface area contributed by atoms with Crippen molar-refractivity contribution < 1.29 is 9.59 Å². The molecule has 3 aromatic rings. The molecule has 0 fully saturated rings. The summed E-state index contributed by atoms with van der Waals surface area (Å²) in [6.07, 6.45) is 1.57. The number of pyridine rings is 1. The van der Waals surface area contributed by atoms with Crippen molar-refractivity contribution in [3.8, 4) is 0 Å². The van der Waals surface area contributed by atoms with Crippen molar-refractivity contribution in [3.05, 3.63) is 59.5 Å². The number of carbonyl (C=O) groups excluding carboxylic acids is 2. The predicted molar refractivity (Wildman–Crippen MR) is 101 cm³/mol. The first kappa shape index (κ1) is 17.5. The van der Waals surface area contributed by atoms with E-state index in [-0.39, 0.29) is 18.5 Å². The molecular weight excluding hydrogens is 330 g/mol. The molecule has 3 rings (SSSR count). The first-order valence-electron chi connectivity index (χ1n) is 8.19. The van der Waals surface area contributed by atoms with Gasteiger partial charge in [-0.2, -0.15) is 0 Å². The molecule has 134 valence electrons. The van der Waals surface area contributed by atoms with Gasteiger partial charge in [-0.05, 0) is 43.3 Å². The van der Waals surface area contributed by atoms with Crippen LogP contribution in [0.25, 0.3) is 10.9 Å². The molecule has 0 atom stereocenters. The minimum absolute atomic E-state index is 0.148. The van der Waals surface area contributed by atoms with Crippen LogP contribution in [0.4, 0.5) is 10.5 Å². The lowest BCUT2D eigenvalue weighted by molar-refractivity contribution is 0.0963. The molecule has 0 bridgehead atoms. The number of hydrogen-bond acceptors (Lipinski definition) is 4. The van der Waals surface area contributed by atoms with E-state index in [4.69, 9.17) is 5.73 Å². The number of aryl methyl sites for hydroxylation is 1. The number of amides is 2. The van der Waals surface area contributed by atoms with Crippen molar-refractivity contribution in [1.29, 1.82) is 0 Å². The Morgan fingerprint density at radius 3 is 2.69 bits per heavy atom. The van der Waals surface area contributed by atoms with Crippen LogP contribution < -0.4 is 11.1 Å². The van der Waals surface area contributed by atoms with Crippen LogP contribution in [-0.4, -0.2) is 40.5 Å². The lowest BCUT2D eigenvalue weighted by Crippen LogP contribution is -2.34. The van der Waals surface area contributed by atoms with Gasteiger partial charge >= 0.3 is 6.03 Å². The molecule has 0 aliphatic heterocycles. The summed E-state index contributed by atoms with van der Waals surface area (Å²) in [4.78, 5) is 30.3. The molecule has 0 saturated carbocycles. The van der Waals surface area contributed by atoms with Crippen LogP contribution in [0.3, 0.4) is 0 Å². The van der Waals surface area contributed by atoms with Crippen molar-refractivity contribution >= 4 is 28.5 Å². The molecule has 3 N–H and O–H groups in total. The number of urea groups is 1. The standard InChI is InChI=1S/C19H21N5O2/c1-12-8-14-9-15(20)4-5-17(14)24(12)18(25)13-6-7-21-16(10-13)11-22-19(26)23(2)3/h4-10H,11,20H2,1-3H3,(H,22,26). The van der Waals surface area contributed by atoms with Gasteiger partial charge in [0.05, 0.1) is 17.8 Å². The predicted octanol–water partition coefficient (Wildman–Crippen LogP) is 2.39. The van der Waals surface area contributed by atoms with Gasteiger partial charge in [-0.25, -0.2) is 4.79 Å². The molecule has 0 aliphatic carbocycles. The Bertz CT molecular complexity index is 991. The number of anilines is 1. The maximum Gasteiger partial charge on any atom is 0.317 e. The first-order valence-corrected chi connectivity index (χ1v) is 8.19. The molecule has 0 spiro atoms. The van der Waals surface area contributed by atoms with Gasteiger partial charge in [0.15, 0.2) is 0 Å². The molecule has 2 amide bonds. The summed E-state index contributed by atoms with van der Waals surface area (Å²) in [5.41, 5.74) is 9.24. The van der Waals surface area contributed by atoms with Crippen molar-refractivity contribution in [1.82, 2.24) is 19.8 Å². The van der Waals surface area contributed by atoms with Crippen molar-refractivity contribution in [2.24, 2.45) is 0 Å². The SMILES string of the molecule is Cc1cc2cc(N)ccc2n1C(=O)c1ccnc(CNC(=O)N(C)C)c1. The number of hydrogen-bond donors (Lipinski definition) is 2. The van der Waals surface area contributed by atoms with E-state index in [1.165, 1.54) is 4.90 Å². The van der Waals surface area contributed by atoms with E-state index < -0.39 is 0 Å². The van der Waals surface area contributed by atoms with Crippen molar-refractivity contribution in [2.45, 2.75) is 13.5 Å². The Kier molecular flexibility index (Phi) is 4.62. The zero-order valence-corrected chi connectivity index (χ0v) is 15.0. The summed E-state index contributed by atoms with van der Waals surface area (Å²) in [5.74, 6) is -0.148. The smallest absolute Gasteiger partial charge is 0.317 e. The fraction of sp³-hybridized carbons (Fsp3) is 0.211. The quantitative estimate of drug-likeness (QED) is 0.709. The third-order valence-electron chi connectivity index (χ3n) is 4.10. The van der Waals surface area contributed by atoms with Gasteiger partial charge in [-0.3, -0.25) is 14.3 Å². The number of nitrogens with one attached hydrogen (secondary N) is 1. The van der Waals surface area contributed by atoms with Crippen LogP contribution >= 0.6 is 0 Å². The van der Waals surface area contributed by atoms with E-state index in [0.29, 0.717) is 16.9 Å². The molecule has 7 heteroatoms. The summed E-state index contributed by atoms with van der Waals surface area (Å²) in [5, 5.41) is 3.66. The van der Waals surface area contributed by atoms with E-state index in [1.807, 2.05) is 25.1 Å². The van der Waals surface area contributed by atoms with Crippen LogP contribution in [0.2, 0.25) is 0 Å². The van der Waals surface area contributed by atoms with Crippen LogP contribution in [-0.2, 0) is 6.54 Å². The van der Waals surface area contributed by atoms with Crippen LogP contribution in [0.1, 0.15) is 21.7 Å². The summed E-state index contributed by atoms with van der Waals surface area (Å²) in [6.45, 7) is 2.13. The van der Waals surface area contributed by atoms with Crippen LogP contribution in [0.15, 0.2) is 42.6 Å².